The van der Waals surface area contributed by atoms with Crippen LogP contribution < -0.4 is 0 Å². The lowest BCUT2D eigenvalue weighted by molar-refractivity contribution is 0.0796. The van der Waals surface area contributed by atoms with E-state index in [9.17, 15) is 4.79 Å². The number of aliphatic hydroxyl groups is 1. The number of hydrogen-bond acceptors (Lipinski definition) is 3. The summed E-state index contributed by atoms with van der Waals surface area (Å²) in [6.45, 7) is 0.970. The van der Waals surface area contributed by atoms with Crippen LogP contribution in [0.4, 0.5) is 0 Å². The predicted molar refractivity (Wildman–Crippen MR) is 69.9 cm³/mol. The van der Waals surface area contributed by atoms with Crippen molar-refractivity contribution in [3.63, 3.8) is 0 Å². The maximum absolute atomic E-state index is 11.9. The van der Waals surface area contributed by atoms with Crippen LogP contribution in [0, 0.1) is 0 Å². The fourth-order valence-electron chi connectivity index (χ4n) is 1.36. The minimum absolute atomic E-state index is 0.0610. The van der Waals surface area contributed by atoms with E-state index in [4.69, 9.17) is 5.11 Å². The Morgan fingerprint density at radius 2 is 2.25 bits per heavy atom. The molecule has 1 amide bonds. The van der Waals surface area contributed by atoms with E-state index in [-0.39, 0.29) is 12.5 Å². The van der Waals surface area contributed by atoms with Gasteiger partial charge in [0.2, 0.25) is 0 Å². The molecule has 0 saturated carbocycles. The lowest BCUT2D eigenvalue weighted by Gasteiger charge is -2.16. The number of hydrogen-bond donors (Lipinski definition) is 1. The van der Waals surface area contributed by atoms with Crippen molar-refractivity contribution < 1.29 is 9.90 Å². The molecule has 1 heterocycles. The van der Waals surface area contributed by atoms with Gasteiger partial charge in [0.05, 0.1) is 0 Å². The molecule has 16 heavy (non-hydrogen) atoms. The number of amides is 1. The highest BCUT2D eigenvalue weighted by atomic mass is 79.9. The Bertz CT molecular complexity index is 340. The van der Waals surface area contributed by atoms with E-state index in [0.29, 0.717) is 0 Å². The smallest absolute Gasteiger partial charge is 0.264 e. The molecular weight excluding hydrogens is 290 g/mol. The standard InChI is InChI=1S/C11H16BrNO2S/c1-13(6-3-2-4-7-14)11(15)10-9(12)5-8-16-10/h5,8,14H,2-4,6-7H2,1H3. The lowest BCUT2D eigenvalue weighted by Crippen LogP contribution is -2.27. The van der Waals surface area contributed by atoms with Crippen LogP contribution in [0.1, 0.15) is 28.9 Å². The number of rotatable bonds is 6. The zero-order chi connectivity index (χ0) is 12.0. The largest absolute Gasteiger partial charge is 0.396 e. The Morgan fingerprint density at radius 1 is 1.50 bits per heavy atom. The molecule has 0 aromatic carbocycles. The molecule has 0 fully saturated rings. The van der Waals surface area contributed by atoms with Gasteiger partial charge >= 0.3 is 0 Å². The van der Waals surface area contributed by atoms with E-state index in [1.807, 2.05) is 18.5 Å². The molecule has 0 bridgehead atoms. The molecule has 0 atom stereocenters. The molecule has 5 heteroatoms. The summed E-state index contributed by atoms with van der Waals surface area (Å²) in [4.78, 5) is 14.4. The van der Waals surface area contributed by atoms with Gasteiger partial charge in [-0.05, 0) is 46.6 Å². The Labute approximate surface area is 108 Å². The van der Waals surface area contributed by atoms with Gasteiger partial charge in [-0.3, -0.25) is 4.79 Å². The topological polar surface area (TPSA) is 40.5 Å². The second-order valence-electron chi connectivity index (χ2n) is 3.61. The van der Waals surface area contributed by atoms with Crippen LogP contribution >= 0.6 is 27.3 Å². The number of carbonyl (C=O) groups excluding carboxylic acids is 1. The summed E-state index contributed by atoms with van der Waals surface area (Å²) >= 11 is 4.81. The van der Waals surface area contributed by atoms with Crippen LogP contribution in [0.5, 0.6) is 0 Å². The molecule has 0 spiro atoms. The third-order valence-corrected chi connectivity index (χ3v) is 4.14. The van der Waals surface area contributed by atoms with Crippen molar-refractivity contribution in [3.05, 3.63) is 20.8 Å². The van der Waals surface area contributed by atoms with Crippen molar-refractivity contribution in [1.29, 1.82) is 0 Å². The summed E-state index contributed by atoms with van der Waals surface area (Å²) < 4.78 is 0.865. The molecule has 1 aromatic rings. The molecule has 0 aliphatic heterocycles. The lowest BCUT2D eigenvalue weighted by atomic mass is 10.2. The molecule has 1 rings (SSSR count). The first kappa shape index (κ1) is 13.7. The van der Waals surface area contributed by atoms with Gasteiger partial charge in [-0.1, -0.05) is 0 Å². The zero-order valence-electron chi connectivity index (χ0n) is 9.28. The van der Waals surface area contributed by atoms with Crippen LogP contribution in [0.2, 0.25) is 0 Å². The van der Waals surface area contributed by atoms with Crippen molar-refractivity contribution in [2.24, 2.45) is 0 Å². The SMILES string of the molecule is CN(CCCCCO)C(=O)c1sccc1Br. The average molecular weight is 306 g/mol. The molecule has 3 nitrogen and oxygen atoms in total. The Balaban J connectivity index is 2.40. The van der Waals surface area contributed by atoms with E-state index in [1.165, 1.54) is 11.3 Å². The first-order valence-electron chi connectivity index (χ1n) is 5.26. The van der Waals surface area contributed by atoms with E-state index in [1.54, 1.807) is 4.90 Å². The van der Waals surface area contributed by atoms with Crippen LogP contribution in [0.25, 0.3) is 0 Å². The first-order valence-corrected chi connectivity index (χ1v) is 6.93. The number of carbonyl (C=O) groups is 1. The average Bonchev–Trinajstić information content (AvgIpc) is 2.69. The van der Waals surface area contributed by atoms with Crippen molar-refractivity contribution in [2.45, 2.75) is 19.3 Å². The molecule has 0 unspecified atom stereocenters. The molecule has 90 valence electrons. The summed E-state index contributed by atoms with van der Waals surface area (Å²) in [5.41, 5.74) is 0. The van der Waals surface area contributed by atoms with Gasteiger partial charge in [-0.15, -0.1) is 11.3 Å². The fraction of sp³-hybridized carbons (Fsp3) is 0.545. The van der Waals surface area contributed by atoms with Crippen LogP contribution in [0.3, 0.4) is 0 Å². The Morgan fingerprint density at radius 3 is 2.81 bits per heavy atom. The van der Waals surface area contributed by atoms with Gasteiger partial charge in [-0.25, -0.2) is 0 Å². The van der Waals surface area contributed by atoms with Crippen LogP contribution in [-0.2, 0) is 0 Å². The minimum atomic E-state index is 0.0610. The maximum Gasteiger partial charge on any atom is 0.264 e. The van der Waals surface area contributed by atoms with Crippen molar-refractivity contribution in [3.8, 4) is 0 Å². The molecule has 1 aromatic heterocycles. The molecule has 0 aliphatic carbocycles. The quantitative estimate of drug-likeness (QED) is 0.821. The number of thiophene rings is 1. The van der Waals surface area contributed by atoms with E-state index in [2.05, 4.69) is 15.9 Å². The maximum atomic E-state index is 11.9. The number of nitrogens with zero attached hydrogens (tertiary/aromatic N) is 1. The molecule has 0 saturated heterocycles. The van der Waals surface area contributed by atoms with E-state index >= 15 is 0 Å². The van der Waals surface area contributed by atoms with E-state index < -0.39 is 0 Å². The second-order valence-corrected chi connectivity index (χ2v) is 5.38. The van der Waals surface area contributed by atoms with Crippen LogP contribution in [0.15, 0.2) is 15.9 Å². The van der Waals surface area contributed by atoms with Gasteiger partial charge in [0.1, 0.15) is 4.88 Å². The predicted octanol–water partition coefficient (Wildman–Crippen LogP) is 2.75. The van der Waals surface area contributed by atoms with Gasteiger partial charge in [0.25, 0.3) is 5.91 Å². The normalized spacial score (nSPS) is 10.4. The number of unbranched alkanes of at least 4 members (excludes halogenated alkanes) is 2. The third-order valence-electron chi connectivity index (χ3n) is 2.31. The number of aliphatic hydroxyl groups excluding tert-OH is 1. The monoisotopic (exact) mass is 305 g/mol. The molecule has 0 radical (unpaired) electrons. The highest BCUT2D eigenvalue weighted by Gasteiger charge is 2.15. The Hall–Kier alpha value is -0.390. The highest BCUT2D eigenvalue weighted by Crippen LogP contribution is 2.23. The van der Waals surface area contributed by atoms with Crippen molar-refractivity contribution in [1.82, 2.24) is 4.90 Å². The Kier molecular flexibility index (Phi) is 6.01. The first-order chi connectivity index (χ1) is 7.66. The summed E-state index contributed by atoms with van der Waals surface area (Å²) in [6, 6.07) is 1.89. The summed E-state index contributed by atoms with van der Waals surface area (Å²) in [5.74, 6) is 0.0610. The minimum Gasteiger partial charge on any atom is -0.396 e. The van der Waals surface area contributed by atoms with Gasteiger partial charge in [0.15, 0.2) is 0 Å². The molecular formula is C11H16BrNO2S. The summed E-state index contributed by atoms with van der Waals surface area (Å²) in [5, 5.41) is 10.5. The zero-order valence-corrected chi connectivity index (χ0v) is 11.7. The van der Waals surface area contributed by atoms with E-state index in [0.717, 1.165) is 35.2 Å². The van der Waals surface area contributed by atoms with Gasteiger partial charge in [-0.2, -0.15) is 0 Å². The fourth-order valence-corrected chi connectivity index (χ4v) is 2.89. The van der Waals surface area contributed by atoms with Crippen molar-refractivity contribution >= 4 is 33.2 Å². The van der Waals surface area contributed by atoms with Crippen molar-refractivity contribution in [2.75, 3.05) is 20.2 Å². The summed E-state index contributed by atoms with van der Waals surface area (Å²) in [6.07, 6.45) is 2.70. The second kappa shape index (κ2) is 7.04. The van der Waals surface area contributed by atoms with Gasteiger partial charge in [0, 0.05) is 24.7 Å². The molecule has 0 aliphatic rings. The molecule has 1 N–H and O–H groups in total. The van der Waals surface area contributed by atoms with Gasteiger partial charge < -0.3 is 10.0 Å². The summed E-state index contributed by atoms with van der Waals surface area (Å²) in [7, 11) is 1.81. The van der Waals surface area contributed by atoms with Crippen LogP contribution in [-0.4, -0.2) is 36.1 Å². The highest BCUT2D eigenvalue weighted by molar-refractivity contribution is 9.10. The number of halogens is 1. The third kappa shape index (κ3) is 3.88.